The van der Waals surface area contributed by atoms with Crippen molar-refractivity contribution in [2.45, 2.75) is 56.5 Å². The summed E-state index contributed by atoms with van der Waals surface area (Å²) in [5, 5.41) is 23.5. The number of hydrogen-bond acceptors (Lipinski definition) is 8. The summed E-state index contributed by atoms with van der Waals surface area (Å²) in [4.78, 5) is 38.4. The molecule has 8 heteroatoms. The Bertz CT molecular complexity index is 946. The molecular formula is C22H24O8. The molecule has 2 aliphatic heterocycles. The van der Waals surface area contributed by atoms with Crippen molar-refractivity contribution in [3.8, 4) is 0 Å². The van der Waals surface area contributed by atoms with E-state index in [-0.39, 0.29) is 30.9 Å². The van der Waals surface area contributed by atoms with Crippen molar-refractivity contribution >= 4 is 17.9 Å². The predicted octanol–water partition coefficient (Wildman–Crippen LogP) is 0.983. The van der Waals surface area contributed by atoms with Crippen LogP contribution in [-0.2, 0) is 23.8 Å². The lowest BCUT2D eigenvalue weighted by molar-refractivity contribution is -0.319. The van der Waals surface area contributed by atoms with Crippen molar-refractivity contribution in [3.63, 3.8) is 0 Å². The highest BCUT2D eigenvalue weighted by Gasteiger charge is 2.86. The maximum Gasteiger partial charge on any atom is 0.348 e. The predicted molar refractivity (Wildman–Crippen MR) is 99.9 cm³/mol. The van der Waals surface area contributed by atoms with E-state index >= 15 is 0 Å². The van der Waals surface area contributed by atoms with Gasteiger partial charge in [0.25, 0.3) is 0 Å². The van der Waals surface area contributed by atoms with Crippen LogP contribution in [0.4, 0.5) is 0 Å². The highest BCUT2D eigenvalue weighted by molar-refractivity contribution is 5.93. The van der Waals surface area contributed by atoms with Gasteiger partial charge in [-0.3, -0.25) is 0 Å². The number of esters is 3. The molecule has 7 atom stereocenters. The van der Waals surface area contributed by atoms with Crippen LogP contribution in [0.3, 0.4) is 0 Å². The Labute approximate surface area is 173 Å². The van der Waals surface area contributed by atoms with Crippen LogP contribution in [0.25, 0.3) is 0 Å². The molecule has 8 nitrogen and oxygen atoms in total. The molecule has 2 N–H and O–H groups in total. The van der Waals surface area contributed by atoms with Gasteiger partial charge in [0.2, 0.25) is 11.7 Å². The highest BCUT2D eigenvalue weighted by Crippen LogP contribution is 2.72. The lowest BCUT2D eigenvalue weighted by Gasteiger charge is -2.64. The first-order valence-electron chi connectivity index (χ1n) is 10.2. The fourth-order valence-corrected chi connectivity index (χ4v) is 6.54. The van der Waals surface area contributed by atoms with Crippen LogP contribution in [0.15, 0.2) is 30.3 Å². The monoisotopic (exact) mass is 416 g/mol. The molecule has 1 aromatic carbocycles. The average molecular weight is 416 g/mol. The molecule has 2 saturated carbocycles. The van der Waals surface area contributed by atoms with Gasteiger partial charge < -0.3 is 24.4 Å². The number of fused-ring (bicyclic) bond motifs is 4. The van der Waals surface area contributed by atoms with E-state index in [1.54, 1.807) is 37.3 Å². The second-order valence-corrected chi connectivity index (χ2v) is 9.30. The lowest BCUT2D eigenvalue weighted by Crippen LogP contribution is -2.80. The number of cyclic esters (lactones) is 1. The summed E-state index contributed by atoms with van der Waals surface area (Å²) in [6, 6.07) is 8.27. The fraction of sp³-hybridized carbons (Fsp3) is 0.591. The van der Waals surface area contributed by atoms with E-state index in [2.05, 4.69) is 0 Å². The number of aliphatic hydroxyl groups is 2. The third kappa shape index (κ3) is 1.92. The van der Waals surface area contributed by atoms with Crippen LogP contribution >= 0.6 is 0 Å². The molecular weight excluding hydrogens is 392 g/mol. The zero-order chi connectivity index (χ0) is 21.5. The van der Waals surface area contributed by atoms with Gasteiger partial charge in [-0.1, -0.05) is 25.1 Å². The summed E-state index contributed by atoms with van der Waals surface area (Å²) < 4.78 is 16.4. The molecule has 7 unspecified atom stereocenters. The third-order valence-corrected chi connectivity index (χ3v) is 8.31. The van der Waals surface area contributed by atoms with Crippen LogP contribution in [-0.4, -0.2) is 58.1 Å². The molecule has 5 rings (SSSR count). The SMILES string of the molecule is CC1CCC2(O)C13CC(OC(=O)C3OC(=O)c1ccccc1)C1(O)C(=O)OCC12C. The normalized spacial score (nSPS) is 46.5. The molecule has 2 saturated heterocycles. The van der Waals surface area contributed by atoms with Gasteiger partial charge in [-0.05, 0) is 37.8 Å². The summed E-state index contributed by atoms with van der Waals surface area (Å²) >= 11 is 0. The average Bonchev–Trinajstić information content (AvgIpc) is 3.14. The number of ether oxygens (including phenoxy) is 3. The minimum Gasteiger partial charge on any atom is -0.463 e. The van der Waals surface area contributed by atoms with Crippen molar-refractivity contribution in [3.05, 3.63) is 35.9 Å². The zero-order valence-electron chi connectivity index (χ0n) is 16.8. The van der Waals surface area contributed by atoms with Gasteiger partial charge in [-0.25, -0.2) is 14.4 Å². The van der Waals surface area contributed by atoms with Gasteiger partial charge in [-0.15, -0.1) is 0 Å². The first-order valence-corrected chi connectivity index (χ1v) is 10.2. The number of carbonyl (C=O) groups is 3. The largest absolute Gasteiger partial charge is 0.463 e. The van der Waals surface area contributed by atoms with Crippen LogP contribution < -0.4 is 0 Å². The van der Waals surface area contributed by atoms with Crippen molar-refractivity contribution in [2.24, 2.45) is 16.7 Å². The Morgan fingerprint density at radius 2 is 1.90 bits per heavy atom. The Morgan fingerprint density at radius 3 is 2.60 bits per heavy atom. The summed E-state index contributed by atoms with van der Waals surface area (Å²) in [6.07, 6.45) is -1.76. The van der Waals surface area contributed by atoms with Crippen LogP contribution in [0.1, 0.15) is 43.5 Å². The van der Waals surface area contributed by atoms with Gasteiger partial charge in [0, 0.05) is 6.42 Å². The molecule has 0 radical (unpaired) electrons. The lowest BCUT2D eigenvalue weighted by atomic mass is 9.44. The van der Waals surface area contributed by atoms with E-state index in [0.29, 0.717) is 6.42 Å². The molecule has 2 bridgehead atoms. The number of rotatable bonds is 2. The number of benzene rings is 1. The first kappa shape index (κ1) is 19.5. The van der Waals surface area contributed by atoms with Crippen LogP contribution in [0.2, 0.25) is 0 Å². The summed E-state index contributed by atoms with van der Waals surface area (Å²) in [6.45, 7) is 3.27. The molecule has 1 aromatic rings. The smallest absolute Gasteiger partial charge is 0.348 e. The Balaban J connectivity index is 1.64. The molecule has 2 aliphatic carbocycles. The zero-order valence-corrected chi connectivity index (χ0v) is 16.8. The van der Waals surface area contributed by atoms with E-state index in [0.717, 1.165) is 0 Å². The van der Waals surface area contributed by atoms with Crippen molar-refractivity contribution in [1.82, 2.24) is 0 Å². The Hall–Kier alpha value is -2.45. The van der Waals surface area contributed by atoms with Gasteiger partial charge in [0.1, 0.15) is 12.7 Å². The molecule has 30 heavy (non-hydrogen) atoms. The van der Waals surface area contributed by atoms with Gasteiger partial charge >= 0.3 is 17.9 Å². The molecule has 4 aliphatic rings. The second-order valence-electron chi connectivity index (χ2n) is 9.30. The van der Waals surface area contributed by atoms with Crippen molar-refractivity contribution in [1.29, 1.82) is 0 Å². The quantitative estimate of drug-likeness (QED) is 0.541. The topological polar surface area (TPSA) is 119 Å². The summed E-state index contributed by atoms with van der Waals surface area (Å²) in [7, 11) is 0. The van der Waals surface area contributed by atoms with Gasteiger partial charge in [0.15, 0.2) is 0 Å². The fourth-order valence-electron chi connectivity index (χ4n) is 6.54. The molecule has 2 heterocycles. The standard InChI is InChI=1S/C22H24O8/c1-12-8-9-21(26)19(2)11-28-18(25)22(19,27)14-10-20(12,21)15(17(24)29-14)30-16(23)13-6-4-3-5-7-13/h3-7,12,14-15,26-27H,8-11H2,1-2H3. The first-order chi connectivity index (χ1) is 14.1. The maximum atomic E-state index is 13.1. The van der Waals surface area contributed by atoms with Crippen LogP contribution in [0, 0.1) is 16.7 Å². The highest BCUT2D eigenvalue weighted by atomic mass is 16.6. The van der Waals surface area contributed by atoms with E-state index in [1.165, 1.54) is 0 Å². The molecule has 1 spiro atoms. The molecule has 0 amide bonds. The van der Waals surface area contributed by atoms with E-state index in [1.807, 2.05) is 6.92 Å². The third-order valence-electron chi connectivity index (χ3n) is 8.31. The summed E-state index contributed by atoms with van der Waals surface area (Å²) in [5.41, 5.74) is -6.16. The second kappa shape index (κ2) is 5.82. The number of hydrogen-bond donors (Lipinski definition) is 2. The van der Waals surface area contributed by atoms with E-state index in [4.69, 9.17) is 14.2 Å². The Morgan fingerprint density at radius 1 is 1.20 bits per heavy atom. The van der Waals surface area contributed by atoms with Crippen LogP contribution in [0.5, 0.6) is 0 Å². The molecule has 160 valence electrons. The summed E-state index contributed by atoms with van der Waals surface area (Å²) in [5.74, 6) is -2.68. The van der Waals surface area contributed by atoms with E-state index < -0.39 is 52.1 Å². The van der Waals surface area contributed by atoms with E-state index in [9.17, 15) is 24.6 Å². The number of carbonyl (C=O) groups excluding carboxylic acids is 3. The minimum absolute atomic E-state index is 0.00430. The molecule has 0 aromatic heterocycles. The van der Waals surface area contributed by atoms with Crippen molar-refractivity contribution in [2.75, 3.05) is 6.61 Å². The molecule has 4 fully saturated rings. The van der Waals surface area contributed by atoms with Gasteiger partial charge in [0.05, 0.1) is 22.0 Å². The Kier molecular flexibility index (Phi) is 3.79. The minimum atomic E-state index is -2.15. The maximum absolute atomic E-state index is 13.1. The van der Waals surface area contributed by atoms with Gasteiger partial charge in [-0.2, -0.15) is 0 Å². The van der Waals surface area contributed by atoms with Crippen molar-refractivity contribution < 1.29 is 38.8 Å².